The number of nitrogens with zero attached hydrogens (tertiary/aromatic N) is 1. The minimum absolute atomic E-state index is 0.326. The number of hydrogen-bond donors (Lipinski definition) is 1. The lowest BCUT2D eigenvalue weighted by molar-refractivity contribution is 0.0984. The largest absolute Gasteiger partial charge is 0.250 e. The highest BCUT2D eigenvalue weighted by atomic mass is 15.5. The van der Waals surface area contributed by atoms with Crippen molar-refractivity contribution in [2.24, 2.45) is 0 Å². The van der Waals surface area contributed by atoms with Crippen molar-refractivity contribution in [3.05, 3.63) is 0 Å². The molecule has 2 heteroatoms. The van der Waals surface area contributed by atoms with E-state index in [0.29, 0.717) is 5.54 Å². The molecular weight excluding hydrogens is 112 g/mol. The highest BCUT2D eigenvalue weighted by Crippen LogP contribution is 2.15. The molecule has 0 amide bonds. The van der Waals surface area contributed by atoms with E-state index in [9.17, 15) is 0 Å². The monoisotopic (exact) mass is 128 g/mol. The SMILES string of the molecule is CN1CCCC(C)(C)N1. The minimum Gasteiger partial charge on any atom is -0.250 e. The summed E-state index contributed by atoms with van der Waals surface area (Å²) in [5.41, 5.74) is 3.72. The summed E-state index contributed by atoms with van der Waals surface area (Å²) in [5.74, 6) is 0. The Labute approximate surface area is 57.2 Å². The van der Waals surface area contributed by atoms with Gasteiger partial charge in [-0.2, -0.15) is 0 Å². The average molecular weight is 128 g/mol. The van der Waals surface area contributed by atoms with Gasteiger partial charge in [0, 0.05) is 19.1 Å². The first kappa shape index (κ1) is 7.03. The first-order valence-corrected chi connectivity index (χ1v) is 3.59. The van der Waals surface area contributed by atoms with Crippen LogP contribution in [0.25, 0.3) is 0 Å². The van der Waals surface area contributed by atoms with Gasteiger partial charge in [0.15, 0.2) is 0 Å². The van der Waals surface area contributed by atoms with Crippen LogP contribution in [0.1, 0.15) is 26.7 Å². The van der Waals surface area contributed by atoms with E-state index < -0.39 is 0 Å². The minimum atomic E-state index is 0.326. The fraction of sp³-hybridized carbons (Fsp3) is 1.00. The van der Waals surface area contributed by atoms with Gasteiger partial charge in [0.2, 0.25) is 0 Å². The van der Waals surface area contributed by atoms with E-state index >= 15 is 0 Å². The molecule has 0 aromatic heterocycles. The molecule has 1 heterocycles. The first-order chi connectivity index (χ1) is 4.10. The Balaban J connectivity index is 2.41. The third-order valence-corrected chi connectivity index (χ3v) is 1.79. The molecule has 1 fully saturated rings. The highest BCUT2D eigenvalue weighted by Gasteiger charge is 2.22. The molecule has 0 aromatic carbocycles. The molecule has 54 valence electrons. The van der Waals surface area contributed by atoms with Crippen molar-refractivity contribution in [2.75, 3.05) is 13.6 Å². The summed E-state index contributed by atoms with van der Waals surface area (Å²) in [7, 11) is 2.10. The van der Waals surface area contributed by atoms with Gasteiger partial charge in [0.05, 0.1) is 0 Å². The summed E-state index contributed by atoms with van der Waals surface area (Å²) < 4.78 is 0. The predicted molar refractivity (Wildman–Crippen MR) is 39.1 cm³/mol. The van der Waals surface area contributed by atoms with Gasteiger partial charge in [-0.05, 0) is 26.7 Å². The van der Waals surface area contributed by atoms with E-state index in [-0.39, 0.29) is 0 Å². The second kappa shape index (κ2) is 2.27. The van der Waals surface area contributed by atoms with Crippen molar-refractivity contribution in [3.63, 3.8) is 0 Å². The van der Waals surface area contributed by atoms with Gasteiger partial charge < -0.3 is 0 Å². The van der Waals surface area contributed by atoms with Crippen molar-refractivity contribution < 1.29 is 0 Å². The van der Waals surface area contributed by atoms with Crippen molar-refractivity contribution in [1.82, 2.24) is 10.4 Å². The molecular formula is C7H16N2. The molecule has 1 aliphatic rings. The van der Waals surface area contributed by atoms with Crippen molar-refractivity contribution in [2.45, 2.75) is 32.2 Å². The Morgan fingerprint density at radius 2 is 2.11 bits per heavy atom. The summed E-state index contributed by atoms with van der Waals surface area (Å²) in [5, 5.41) is 2.17. The second-order valence-corrected chi connectivity index (χ2v) is 3.52. The third kappa shape index (κ3) is 1.95. The standard InChI is InChI=1S/C7H16N2/c1-7(2)5-4-6-9(3)8-7/h8H,4-6H2,1-3H3. The fourth-order valence-corrected chi connectivity index (χ4v) is 1.39. The Hall–Kier alpha value is -0.0800. The number of hydrazine groups is 1. The van der Waals surface area contributed by atoms with Crippen LogP contribution < -0.4 is 5.43 Å². The summed E-state index contributed by atoms with van der Waals surface area (Å²) in [4.78, 5) is 0. The zero-order chi connectivity index (χ0) is 6.91. The van der Waals surface area contributed by atoms with Gasteiger partial charge in [-0.25, -0.2) is 10.4 Å². The number of nitrogens with one attached hydrogen (secondary N) is 1. The summed E-state index contributed by atoms with van der Waals surface area (Å²) in [6, 6.07) is 0. The molecule has 0 radical (unpaired) electrons. The fourth-order valence-electron chi connectivity index (χ4n) is 1.39. The van der Waals surface area contributed by atoms with E-state index in [2.05, 4.69) is 31.3 Å². The summed E-state index contributed by atoms with van der Waals surface area (Å²) >= 11 is 0. The first-order valence-electron chi connectivity index (χ1n) is 3.59. The van der Waals surface area contributed by atoms with Crippen molar-refractivity contribution in [1.29, 1.82) is 0 Å². The van der Waals surface area contributed by atoms with Crippen LogP contribution in [0.3, 0.4) is 0 Å². The molecule has 0 unspecified atom stereocenters. The van der Waals surface area contributed by atoms with E-state index in [0.717, 1.165) is 0 Å². The van der Waals surface area contributed by atoms with E-state index in [1.165, 1.54) is 19.4 Å². The maximum atomic E-state index is 3.39. The second-order valence-electron chi connectivity index (χ2n) is 3.52. The van der Waals surface area contributed by atoms with E-state index in [4.69, 9.17) is 0 Å². The van der Waals surface area contributed by atoms with Crippen LogP contribution in [0.5, 0.6) is 0 Å². The van der Waals surface area contributed by atoms with Crippen molar-refractivity contribution >= 4 is 0 Å². The normalized spacial score (nSPS) is 28.3. The smallest absolute Gasteiger partial charge is 0.0270 e. The van der Waals surface area contributed by atoms with Gasteiger partial charge in [0.25, 0.3) is 0 Å². The maximum Gasteiger partial charge on any atom is 0.0270 e. The van der Waals surface area contributed by atoms with Gasteiger partial charge in [-0.1, -0.05) is 0 Å². The number of hydrogen-bond acceptors (Lipinski definition) is 2. The molecule has 1 aliphatic heterocycles. The Morgan fingerprint density at radius 3 is 2.44 bits per heavy atom. The maximum absolute atomic E-state index is 3.39. The molecule has 1 N–H and O–H groups in total. The van der Waals surface area contributed by atoms with Crippen LogP contribution in [-0.2, 0) is 0 Å². The summed E-state index contributed by atoms with van der Waals surface area (Å²) in [6.45, 7) is 5.66. The Bertz CT molecular complexity index is 99.1. The molecule has 0 aromatic rings. The van der Waals surface area contributed by atoms with Gasteiger partial charge in [-0.3, -0.25) is 0 Å². The highest BCUT2D eigenvalue weighted by molar-refractivity contribution is 4.79. The molecule has 0 spiro atoms. The van der Waals surface area contributed by atoms with Gasteiger partial charge in [-0.15, -0.1) is 0 Å². The zero-order valence-corrected chi connectivity index (χ0v) is 6.57. The van der Waals surface area contributed by atoms with Crippen LogP contribution in [0.2, 0.25) is 0 Å². The predicted octanol–water partition coefficient (Wildman–Crippen LogP) is 0.995. The topological polar surface area (TPSA) is 15.3 Å². The molecule has 9 heavy (non-hydrogen) atoms. The van der Waals surface area contributed by atoms with Gasteiger partial charge >= 0.3 is 0 Å². The third-order valence-electron chi connectivity index (χ3n) is 1.79. The number of rotatable bonds is 0. The van der Waals surface area contributed by atoms with Crippen LogP contribution in [0.4, 0.5) is 0 Å². The molecule has 1 saturated heterocycles. The Morgan fingerprint density at radius 1 is 1.44 bits per heavy atom. The van der Waals surface area contributed by atoms with E-state index in [1.807, 2.05) is 0 Å². The molecule has 1 rings (SSSR count). The lowest BCUT2D eigenvalue weighted by Crippen LogP contribution is -2.53. The average Bonchev–Trinajstić information content (AvgIpc) is 1.60. The Kier molecular flexibility index (Phi) is 1.78. The van der Waals surface area contributed by atoms with Crippen LogP contribution in [-0.4, -0.2) is 24.1 Å². The summed E-state index contributed by atoms with van der Waals surface area (Å²) in [6.07, 6.45) is 2.60. The molecule has 0 saturated carbocycles. The van der Waals surface area contributed by atoms with E-state index in [1.54, 1.807) is 0 Å². The van der Waals surface area contributed by atoms with Gasteiger partial charge in [0.1, 0.15) is 0 Å². The van der Waals surface area contributed by atoms with Crippen LogP contribution >= 0.6 is 0 Å². The van der Waals surface area contributed by atoms with Crippen LogP contribution in [0, 0.1) is 0 Å². The van der Waals surface area contributed by atoms with Crippen LogP contribution in [0.15, 0.2) is 0 Å². The molecule has 0 bridgehead atoms. The van der Waals surface area contributed by atoms with Crippen molar-refractivity contribution in [3.8, 4) is 0 Å². The zero-order valence-electron chi connectivity index (χ0n) is 6.57. The lowest BCUT2D eigenvalue weighted by Gasteiger charge is -2.37. The molecule has 0 atom stereocenters. The quantitative estimate of drug-likeness (QED) is 0.523. The molecule has 2 nitrogen and oxygen atoms in total. The molecule has 0 aliphatic carbocycles. The lowest BCUT2D eigenvalue weighted by atomic mass is 9.98.